The Morgan fingerprint density at radius 2 is 1.88 bits per heavy atom. The van der Waals surface area contributed by atoms with Crippen molar-refractivity contribution in [3.63, 3.8) is 0 Å². The van der Waals surface area contributed by atoms with Gasteiger partial charge in [-0.2, -0.15) is 0 Å². The van der Waals surface area contributed by atoms with Gasteiger partial charge in [-0.3, -0.25) is 9.69 Å². The molecule has 0 saturated carbocycles. The molecule has 1 aromatic rings. The summed E-state index contributed by atoms with van der Waals surface area (Å²) in [4.78, 5) is 12.7. The van der Waals surface area contributed by atoms with E-state index in [1.165, 1.54) is 0 Å². The van der Waals surface area contributed by atoms with Crippen LogP contribution in [0.1, 0.15) is 11.1 Å². The Morgan fingerprint density at radius 3 is 2.35 bits per heavy atom. The number of thiocarbonyl (C=S) groups is 1. The highest BCUT2D eigenvalue weighted by molar-refractivity contribution is 7.80. The molecule has 0 radical (unpaired) electrons. The second-order valence-electron chi connectivity index (χ2n) is 4.03. The third kappa shape index (κ3) is 5.42. The minimum absolute atomic E-state index is 0.0363. The zero-order valence-corrected chi connectivity index (χ0v) is 10.5. The molecule has 0 spiro atoms. The van der Waals surface area contributed by atoms with Crippen LogP contribution in [0.2, 0.25) is 0 Å². The van der Waals surface area contributed by atoms with Crippen molar-refractivity contribution < 1.29 is 9.90 Å². The molecule has 0 bridgehead atoms. The van der Waals surface area contributed by atoms with E-state index in [9.17, 15) is 4.79 Å². The predicted octanol–water partition coefficient (Wildman–Crippen LogP) is 1.03. The van der Waals surface area contributed by atoms with Crippen molar-refractivity contribution in [3.8, 4) is 0 Å². The summed E-state index contributed by atoms with van der Waals surface area (Å²) in [5.41, 5.74) is 7.60. The molecule has 0 aliphatic rings. The molecule has 3 N–H and O–H groups in total. The SMILES string of the molecule is CN(CC(=O)O)Cc1ccc(CC(N)=S)cc1. The van der Waals surface area contributed by atoms with Gasteiger partial charge < -0.3 is 10.8 Å². The van der Waals surface area contributed by atoms with Gasteiger partial charge in [0.1, 0.15) is 0 Å². The van der Waals surface area contributed by atoms with E-state index in [4.69, 9.17) is 23.1 Å². The average molecular weight is 252 g/mol. The van der Waals surface area contributed by atoms with E-state index < -0.39 is 5.97 Å². The van der Waals surface area contributed by atoms with Crippen molar-refractivity contribution >= 4 is 23.2 Å². The lowest BCUT2D eigenvalue weighted by Gasteiger charge is -2.14. The van der Waals surface area contributed by atoms with Crippen LogP contribution in [0.3, 0.4) is 0 Å². The highest BCUT2D eigenvalue weighted by Gasteiger charge is 2.05. The molecule has 0 saturated heterocycles. The molecule has 0 heterocycles. The first-order valence-corrected chi connectivity index (χ1v) is 5.64. The van der Waals surface area contributed by atoms with E-state index in [0.717, 1.165) is 11.1 Å². The number of carboxylic acids is 1. The van der Waals surface area contributed by atoms with Crippen molar-refractivity contribution in [1.82, 2.24) is 4.90 Å². The molecule has 1 rings (SSSR count). The smallest absolute Gasteiger partial charge is 0.317 e. The summed E-state index contributed by atoms with van der Waals surface area (Å²) in [6.45, 7) is 0.647. The van der Waals surface area contributed by atoms with Gasteiger partial charge in [-0.25, -0.2) is 0 Å². The Hall–Kier alpha value is -1.46. The van der Waals surface area contributed by atoms with Crippen LogP contribution in [0.5, 0.6) is 0 Å². The standard InChI is InChI=1S/C12H16N2O2S/c1-14(8-12(15)16)7-10-4-2-9(3-5-10)6-11(13)17/h2-5H,6-8H2,1H3,(H2,13,17)(H,15,16). The number of aliphatic carboxylic acids is 1. The fourth-order valence-electron chi connectivity index (χ4n) is 1.56. The molecule has 0 unspecified atom stereocenters. The van der Waals surface area contributed by atoms with Gasteiger partial charge in [0, 0.05) is 13.0 Å². The van der Waals surface area contributed by atoms with E-state index >= 15 is 0 Å². The summed E-state index contributed by atoms with van der Waals surface area (Å²) in [6, 6.07) is 7.85. The second-order valence-corrected chi connectivity index (χ2v) is 4.55. The summed E-state index contributed by atoms with van der Waals surface area (Å²) >= 11 is 4.83. The van der Waals surface area contributed by atoms with E-state index in [2.05, 4.69) is 0 Å². The Morgan fingerprint density at radius 1 is 1.35 bits per heavy atom. The largest absolute Gasteiger partial charge is 0.480 e. The zero-order chi connectivity index (χ0) is 12.8. The molecule has 0 aromatic heterocycles. The first-order valence-electron chi connectivity index (χ1n) is 5.24. The molecular weight excluding hydrogens is 236 g/mol. The maximum Gasteiger partial charge on any atom is 0.317 e. The zero-order valence-electron chi connectivity index (χ0n) is 9.72. The van der Waals surface area contributed by atoms with Crippen molar-refractivity contribution in [2.24, 2.45) is 5.73 Å². The van der Waals surface area contributed by atoms with Gasteiger partial charge in [-0.1, -0.05) is 36.5 Å². The van der Waals surface area contributed by atoms with Gasteiger partial charge in [0.2, 0.25) is 0 Å². The van der Waals surface area contributed by atoms with Gasteiger partial charge in [0.05, 0.1) is 11.5 Å². The number of nitrogens with zero attached hydrogens (tertiary/aromatic N) is 1. The number of benzene rings is 1. The minimum atomic E-state index is -0.822. The van der Waals surface area contributed by atoms with Crippen LogP contribution >= 0.6 is 12.2 Å². The van der Waals surface area contributed by atoms with Gasteiger partial charge in [-0.15, -0.1) is 0 Å². The average Bonchev–Trinajstić information content (AvgIpc) is 2.18. The van der Waals surface area contributed by atoms with Crippen LogP contribution in [0.15, 0.2) is 24.3 Å². The van der Waals surface area contributed by atoms with Gasteiger partial charge in [0.25, 0.3) is 0 Å². The van der Waals surface area contributed by atoms with Gasteiger partial charge in [-0.05, 0) is 18.2 Å². The van der Waals surface area contributed by atoms with Crippen LogP contribution in [-0.4, -0.2) is 34.6 Å². The monoisotopic (exact) mass is 252 g/mol. The van der Waals surface area contributed by atoms with E-state index in [-0.39, 0.29) is 6.54 Å². The number of carboxylic acid groups (broad SMARTS) is 1. The van der Waals surface area contributed by atoms with Gasteiger partial charge >= 0.3 is 5.97 Å². The van der Waals surface area contributed by atoms with Crippen molar-refractivity contribution in [1.29, 1.82) is 0 Å². The molecule has 0 aliphatic carbocycles. The number of likely N-dealkylation sites (N-methyl/N-ethyl adjacent to an activating group) is 1. The van der Waals surface area contributed by atoms with Gasteiger partial charge in [0.15, 0.2) is 0 Å². The summed E-state index contributed by atoms with van der Waals surface area (Å²) in [7, 11) is 1.77. The summed E-state index contributed by atoms with van der Waals surface area (Å²) in [5.74, 6) is -0.822. The molecule has 0 aliphatic heterocycles. The number of hydrogen-bond donors (Lipinski definition) is 2. The number of hydrogen-bond acceptors (Lipinski definition) is 3. The molecule has 0 atom stereocenters. The lowest BCUT2D eigenvalue weighted by molar-refractivity contribution is -0.138. The van der Waals surface area contributed by atoms with Crippen LogP contribution in [-0.2, 0) is 17.8 Å². The van der Waals surface area contributed by atoms with Crippen molar-refractivity contribution in [3.05, 3.63) is 35.4 Å². The molecule has 92 valence electrons. The molecule has 0 fully saturated rings. The fourth-order valence-corrected chi connectivity index (χ4v) is 1.73. The fraction of sp³-hybridized carbons (Fsp3) is 0.333. The summed E-state index contributed by atoms with van der Waals surface area (Å²) in [5, 5.41) is 8.64. The number of carbonyl (C=O) groups is 1. The molecule has 4 nitrogen and oxygen atoms in total. The molecule has 5 heteroatoms. The minimum Gasteiger partial charge on any atom is -0.480 e. The predicted molar refractivity (Wildman–Crippen MR) is 70.9 cm³/mol. The molecular formula is C12H16N2O2S. The maximum atomic E-state index is 10.5. The van der Waals surface area contributed by atoms with Crippen LogP contribution < -0.4 is 5.73 Å². The van der Waals surface area contributed by atoms with E-state index in [1.807, 2.05) is 24.3 Å². The molecule has 17 heavy (non-hydrogen) atoms. The maximum absolute atomic E-state index is 10.5. The second kappa shape index (κ2) is 6.32. The Bertz CT molecular complexity index is 403. The summed E-state index contributed by atoms with van der Waals surface area (Å²) in [6.07, 6.45) is 0.598. The topological polar surface area (TPSA) is 66.6 Å². The third-order valence-corrected chi connectivity index (χ3v) is 2.40. The Kier molecular flexibility index (Phi) is 5.06. The first kappa shape index (κ1) is 13.6. The summed E-state index contributed by atoms with van der Waals surface area (Å²) < 4.78 is 0. The normalized spacial score (nSPS) is 10.5. The number of nitrogens with two attached hydrogens (primary N) is 1. The van der Waals surface area contributed by atoms with Crippen LogP contribution in [0.25, 0.3) is 0 Å². The lowest BCUT2D eigenvalue weighted by atomic mass is 10.1. The quantitative estimate of drug-likeness (QED) is 0.740. The van der Waals surface area contributed by atoms with Crippen LogP contribution in [0, 0.1) is 0 Å². The number of rotatable bonds is 6. The van der Waals surface area contributed by atoms with Crippen LogP contribution in [0.4, 0.5) is 0 Å². The molecule has 0 amide bonds. The lowest BCUT2D eigenvalue weighted by Crippen LogP contribution is -2.25. The van der Waals surface area contributed by atoms with Crippen molar-refractivity contribution in [2.75, 3.05) is 13.6 Å². The Balaban J connectivity index is 2.56. The highest BCUT2D eigenvalue weighted by Crippen LogP contribution is 2.07. The van der Waals surface area contributed by atoms with E-state index in [1.54, 1.807) is 11.9 Å². The van der Waals surface area contributed by atoms with E-state index in [0.29, 0.717) is 18.0 Å². The Labute approximate surface area is 106 Å². The third-order valence-electron chi connectivity index (χ3n) is 2.26. The molecule has 1 aromatic carbocycles. The van der Waals surface area contributed by atoms with Crippen molar-refractivity contribution in [2.45, 2.75) is 13.0 Å². The highest BCUT2D eigenvalue weighted by atomic mass is 32.1. The first-order chi connectivity index (χ1) is 7.97.